The number of carbonyl (C=O) groups excluding carboxylic acids is 3. The normalized spacial score (nSPS) is 26.5. The van der Waals surface area contributed by atoms with Crippen LogP contribution in [0.1, 0.15) is 41.5 Å². The van der Waals surface area contributed by atoms with Crippen molar-refractivity contribution in [3.05, 3.63) is 113 Å². The van der Waals surface area contributed by atoms with Gasteiger partial charge in [0.15, 0.2) is 5.79 Å². The number of benzene rings is 4. The molecule has 8 heteroatoms. The average molecular weight is 572 g/mol. The van der Waals surface area contributed by atoms with Gasteiger partial charge >= 0.3 is 0 Å². The molecule has 43 heavy (non-hydrogen) atoms. The van der Waals surface area contributed by atoms with E-state index < -0.39 is 23.0 Å². The van der Waals surface area contributed by atoms with E-state index in [-0.39, 0.29) is 30.1 Å². The Bertz CT molecular complexity index is 1810. The van der Waals surface area contributed by atoms with E-state index in [1.165, 1.54) is 4.90 Å². The first-order valence-electron chi connectivity index (χ1n) is 14.6. The highest BCUT2D eigenvalue weighted by Gasteiger charge is 2.68. The minimum atomic E-state index is -1.07. The predicted molar refractivity (Wildman–Crippen MR) is 160 cm³/mol. The number of anilines is 1. The molecule has 0 saturated carbocycles. The number of carbonyl (C=O) groups is 3. The molecule has 0 radical (unpaired) electrons. The van der Waals surface area contributed by atoms with Crippen molar-refractivity contribution in [2.24, 2.45) is 16.9 Å². The molecule has 3 amide bonds. The van der Waals surface area contributed by atoms with Gasteiger partial charge in [-0.25, -0.2) is 10.3 Å². The van der Waals surface area contributed by atoms with Gasteiger partial charge < -0.3 is 9.47 Å². The molecule has 2 atom stereocenters. The molecular formula is C35H29N3O5. The zero-order chi connectivity index (χ0) is 29.3. The second kappa shape index (κ2) is 9.42. The van der Waals surface area contributed by atoms with Crippen LogP contribution in [0.4, 0.5) is 5.69 Å². The van der Waals surface area contributed by atoms with Crippen molar-refractivity contribution >= 4 is 40.4 Å². The van der Waals surface area contributed by atoms with Gasteiger partial charge in [-0.3, -0.25) is 14.4 Å². The Hall–Kier alpha value is -4.66. The Morgan fingerprint density at radius 1 is 0.884 bits per heavy atom. The number of imide groups is 1. The number of amides is 3. The molecule has 2 heterocycles. The zero-order valence-electron chi connectivity index (χ0n) is 23.5. The molecule has 8 nitrogen and oxygen atoms in total. The van der Waals surface area contributed by atoms with Crippen LogP contribution in [0.2, 0.25) is 0 Å². The maximum absolute atomic E-state index is 14.7. The molecule has 214 valence electrons. The molecule has 2 bridgehead atoms. The predicted octanol–water partition coefficient (Wildman–Crippen LogP) is 4.65. The molecule has 9 rings (SSSR count). The Kier molecular flexibility index (Phi) is 5.70. The van der Waals surface area contributed by atoms with Crippen LogP contribution in [-0.4, -0.2) is 42.9 Å². The Labute approximate surface area is 248 Å². The second-order valence-electron chi connectivity index (χ2n) is 11.8. The lowest BCUT2D eigenvalue weighted by Crippen LogP contribution is -2.54. The van der Waals surface area contributed by atoms with E-state index in [2.05, 4.69) is 10.5 Å². The molecular weight excluding hydrogens is 542 g/mol. The molecule has 1 N–H and O–H groups in total. The maximum Gasteiger partial charge on any atom is 0.245 e. The number of nitrogens with zero attached hydrogens (tertiary/aromatic N) is 2. The highest BCUT2D eigenvalue weighted by Crippen LogP contribution is 2.63. The Morgan fingerprint density at radius 3 is 2.23 bits per heavy atom. The summed E-state index contributed by atoms with van der Waals surface area (Å²) >= 11 is 0. The summed E-state index contributed by atoms with van der Waals surface area (Å²) in [5.74, 6) is -3.51. The molecule has 5 aliphatic rings. The Balaban J connectivity index is 1.28. The first-order chi connectivity index (χ1) is 20.9. The van der Waals surface area contributed by atoms with Gasteiger partial charge in [0.1, 0.15) is 0 Å². The van der Waals surface area contributed by atoms with Crippen LogP contribution >= 0.6 is 0 Å². The fourth-order valence-corrected chi connectivity index (χ4v) is 7.89. The lowest BCUT2D eigenvalue weighted by molar-refractivity contribution is -0.159. The molecule has 4 aromatic carbocycles. The quantitative estimate of drug-likeness (QED) is 0.214. The van der Waals surface area contributed by atoms with Crippen molar-refractivity contribution in [2.75, 3.05) is 18.1 Å². The monoisotopic (exact) mass is 571 g/mol. The summed E-state index contributed by atoms with van der Waals surface area (Å²) in [7, 11) is 0. The van der Waals surface area contributed by atoms with E-state index in [1.807, 2.05) is 91.0 Å². The van der Waals surface area contributed by atoms with Crippen molar-refractivity contribution in [2.45, 2.75) is 30.5 Å². The molecule has 2 fully saturated rings. The van der Waals surface area contributed by atoms with Crippen LogP contribution < -0.4 is 10.3 Å². The molecule has 3 aliphatic carbocycles. The SMILES string of the molecule is CC1(CC(=O)N/N=C\C23c4ccccc4C(c4ccccc42)[C@H]2C(=O)N(c4cccc5ccccc45)C(=O)[C@H]23)OCCO1. The van der Waals surface area contributed by atoms with Gasteiger partial charge in [0.2, 0.25) is 17.7 Å². The molecule has 0 aromatic heterocycles. The lowest BCUT2D eigenvalue weighted by atomic mass is 9.47. The summed E-state index contributed by atoms with van der Waals surface area (Å²) in [6.07, 6.45) is 1.65. The lowest BCUT2D eigenvalue weighted by Gasteiger charge is -2.52. The van der Waals surface area contributed by atoms with Gasteiger partial charge in [-0.05, 0) is 40.6 Å². The number of hydrogen-bond acceptors (Lipinski definition) is 6. The van der Waals surface area contributed by atoms with Crippen LogP contribution in [0.25, 0.3) is 10.8 Å². The number of ether oxygens (including phenoxy) is 2. The smallest absolute Gasteiger partial charge is 0.245 e. The Morgan fingerprint density at radius 2 is 1.51 bits per heavy atom. The first kappa shape index (κ1) is 26.0. The van der Waals surface area contributed by atoms with E-state index >= 15 is 0 Å². The summed E-state index contributed by atoms with van der Waals surface area (Å²) in [6.45, 7) is 2.58. The van der Waals surface area contributed by atoms with E-state index in [4.69, 9.17) is 9.47 Å². The minimum Gasteiger partial charge on any atom is -0.347 e. The number of nitrogens with one attached hydrogen (secondary N) is 1. The van der Waals surface area contributed by atoms with E-state index in [0.29, 0.717) is 18.9 Å². The fourth-order valence-electron chi connectivity index (χ4n) is 7.89. The van der Waals surface area contributed by atoms with Gasteiger partial charge in [0.25, 0.3) is 0 Å². The number of rotatable bonds is 5. The van der Waals surface area contributed by atoms with Crippen LogP contribution in [0.15, 0.2) is 96.1 Å². The van der Waals surface area contributed by atoms with Gasteiger partial charge in [0.05, 0.1) is 42.6 Å². The second-order valence-corrected chi connectivity index (χ2v) is 11.8. The van der Waals surface area contributed by atoms with Crippen LogP contribution in [-0.2, 0) is 29.3 Å². The van der Waals surface area contributed by atoms with Crippen molar-refractivity contribution in [3.8, 4) is 0 Å². The van der Waals surface area contributed by atoms with Crippen LogP contribution in [0.3, 0.4) is 0 Å². The van der Waals surface area contributed by atoms with Crippen molar-refractivity contribution in [3.63, 3.8) is 0 Å². The maximum atomic E-state index is 14.7. The zero-order valence-corrected chi connectivity index (χ0v) is 23.5. The first-order valence-corrected chi connectivity index (χ1v) is 14.6. The van der Waals surface area contributed by atoms with Crippen molar-refractivity contribution < 1.29 is 23.9 Å². The van der Waals surface area contributed by atoms with Gasteiger partial charge in [0, 0.05) is 17.5 Å². The third kappa shape index (κ3) is 3.63. The van der Waals surface area contributed by atoms with Crippen LogP contribution in [0.5, 0.6) is 0 Å². The van der Waals surface area contributed by atoms with Gasteiger partial charge in [-0.15, -0.1) is 0 Å². The summed E-state index contributed by atoms with van der Waals surface area (Å²) in [5.41, 5.74) is 6.02. The molecule has 0 unspecified atom stereocenters. The van der Waals surface area contributed by atoms with Crippen molar-refractivity contribution in [1.29, 1.82) is 0 Å². The minimum absolute atomic E-state index is 0.0229. The highest BCUT2D eigenvalue weighted by atomic mass is 16.7. The third-order valence-corrected chi connectivity index (χ3v) is 9.53. The summed E-state index contributed by atoms with van der Waals surface area (Å²) in [5, 5.41) is 6.28. The van der Waals surface area contributed by atoms with Gasteiger partial charge in [-0.2, -0.15) is 5.10 Å². The number of hydrogen-bond donors (Lipinski definition) is 1. The average Bonchev–Trinajstić information content (AvgIpc) is 3.57. The van der Waals surface area contributed by atoms with Gasteiger partial charge in [-0.1, -0.05) is 84.9 Å². The molecule has 0 spiro atoms. The molecule has 4 aromatic rings. The standard InChI is InChI=1S/C35H29N3O5/c1-34(42-17-18-43-34)19-28(39)37-36-20-35-25-14-6-4-12-23(25)29(24-13-5-7-15-26(24)35)30-31(35)33(41)38(32(30)40)27-16-8-10-21-9-2-3-11-22(21)27/h2-16,20,29-31H,17-19H2,1H3,(H,37,39)/b36-20-/t29?,30-,31+,35?/m1/s1. The fraction of sp³-hybridized carbons (Fsp3) is 0.257. The summed E-state index contributed by atoms with van der Waals surface area (Å²) < 4.78 is 11.2. The van der Waals surface area contributed by atoms with E-state index in [0.717, 1.165) is 33.0 Å². The third-order valence-electron chi connectivity index (χ3n) is 9.53. The molecule has 2 aliphatic heterocycles. The van der Waals surface area contributed by atoms with Crippen LogP contribution in [0, 0.1) is 11.8 Å². The largest absolute Gasteiger partial charge is 0.347 e. The summed E-state index contributed by atoms with van der Waals surface area (Å²) in [4.78, 5) is 43.5. The molecule has 2 saturated heterocycles. The van der Waals surface area contributed by atoms with Crippen molar-refractivity contribution in [1.82, 2.24) is 5.43 Å². The topological polar surface area (TPSA) is 97.3 Å². The van der Waals surface area contributed by atoms with E-state index in [1.54, 1.807) is 13.1 Å². The number of fused-ring (bicyclic) bond motifs is 1. The number of hydrazone groups is 1. The summed E-state index contributed by atoms with van der Waals surface area (Å²) in [6, 6.07) is 29.4. The van der Waals surface area contributed by atoms with E-state index in [9.17, 15) is 14.4 Å². The highest BCUT2D eigenvalue weighted by molar-refractivity contribution is 6.27.